The quantitative estimate of drug-likeness (QED) is 0.759. The number of aliphatic hydroxyl groups excluding tert-OH is 1. The van der Waals surface area contributed by atoms with Crippen LogP contribution in [0.1, 0.15) is 24.6 Å². The molecule has 17 heavy (non-hydrogen) atoms. The summed E-state index contributed by atoms with van der Waals surface area (Å²) in [6.07, 6.45) is 0.704. The molecule has 1 aromatic rings. The van der Waals surface area contributed by atoms with Gasteiger partial charge in [-0.25, -0.2) is 13.1 Å². The molecule has 2 N–H and O–H groups in total. The average molecular weight is 274 g/mol. The van der Waals surface area contributed by atoms with E-state index in [1.807, 2.05) is 6.07 Å². The van der Waals surface area contributed by atoms with E-state index >= 15 is 0 Å². The smallest absolute Gasteiger partial charge is 0.250 e. The molecule has 0 fully saturated rings. The number of sulfonamides is 1. The topological polar surface area (TPSA) is 90.2 Å². The Hall–Kier alpha value is -0.940. The van der Waals surface area contributed by atoms with Gasteiger partial charge in [-0.05, 0) is 31.9 Å². The maximum Gasteiger partial charge on any atom is 0.250 e. The van der Waals surface area contributed by atoms with Crippen LogP contribution >= 0.6 is 11.3 Å². The Balaban J connectivity index is 2.55. The van der Waals surface area contributed by atoms with Crippen molar-refractivity contribution in [3.05, 3.63) is 17.0 Å². The fraction of sp³-hybridized carbons (Fsp3) is 0.500. The normalized spacial score (nSPS) is 13.2. The van der Waals surface area contributed by atoms with Crippen LogP contribution in [0.25, 0.3) is 0 Å². The molecule has 0 aliphatic rings. The van der Waals surface area contributed by atoms with Crippen molar-refractivity contribution in [1.82, 2.24) is 4.72 Å². The van der Waals surface area contributed by atoms with Crippen molar-refractivity contribution < 1.29 is 13.5 Å². The predicted molar refractivity (Wildman–Crippen MR) is 65.1 cm³/mol. The van der Waals surface area contributed by atoms with Gasteiger partial charge in [0.25, 0.3) is 0 Å². The number of aliphatic hydroxyl groups is 1. The van der Waals surface area contributed by atoms with E-state index in [2.05, 4.69) is 4.72 Å². The van der Waals surface area contributed by atoms with Gasteiger partial charge in [-0.1, -0.05) is 0 Å². The third kappa shape index (κ3) is 4.44. The lowest BCUT2D eigenvalue weighted by molar-refractivity contribution is 0.182. The molecule has 5 nitrogen and oxygen atoms in total. The summed E-state index contributed by atoms with van der Waals surface area (Å²) in [5, 5.41) is 17.6. The SMILES string of the molecule is CC(O)CCCNS(=O)(=O)c1ccc(C#N)s1. The third-order valence-electron chi connectivity index (χ3n) is 2.05. The summed E-state index contributed by atoms with van der Waals surface area (Å²) in [4.78, 5) is 0.370. The molecule has 0 bridgehead atoms. The molecule has 0 aliphatic carbocycles. The van der Waals surface area contributed by atoms with Crippen molar-refractivity contribution in [1.29, 1.82) is 5.26 Å². The highest BCUT2D eigenvalue weighted by molar-refractivity contribution is 7.91. The van der Waals surface area contributed by atoms with Gasteiger partial charge in [0, 0.05) is 6.54 Å². The lowest BCUT2D eigenvalue weighted by atomic mass is 10.2. The highest BCUT2D eigenvalue weighted by Crippen LogP contribution is 2.20. The zero-order valence-electron chi connectivity index (χ0n) is 9.38. The Morgan fingerprint density at radius 3 is 2.82 bits per heavy atom. The highest BCUT2D eigenvalue weighted by Gasteiger charge is 2.16. The van der Waals surface area contributed by atoms with E-state index in [0.717, 1.165) is 11.3 Å². The van der Waals surface area contributed by atoms with Crippen molar-refractivity contribution in [2.45, 2.75) is 30.1 Å². The van der Waals surface area contributed by atoms with Crippen molar-refractivity contribution in [3.63, 3.8) is 0 Å². The Labute approximate surface area is 105 Å². The first kappa shape index (κ1) is 14.1. The lowest BCUT2D eigenvalue weighted by Gasteiger charge is -2.05. The predicted octanol–water partition coefficient (Wildman–Crippen LogP) is 1.06. The molecular weight excluding hydrogens is 260 g/mol. The fourth-order valence-corrected chi connectivity index (χ4v) is 3.42. The van der Waals surface area contributed by atoms with E-state index in [-0.39, 0.29) is 10.8 Å². The number of hydrogen-bond acceptors (Lipinski definition) is 5. The zero-order valence-corrected chi connectivity index (χ0v) is 11.0. The van der Waals surface area contributed by atoms with Crippen LogP contribution in [0, 0.1) is 11.3 Å². The molecule has 1 heterocycles. The molecule has 0 amide bonds. The van der Waals surface area contributed by atoms with Crippen LogP contribution in [-0.2, 0) is 10.0 Å². The standard InChI is InChI=1S/C10H14N2O3S2/c1-8(13)3-2-6-12-17(14,15)10-5-4-9(7-11)16-10/h4-5,8,12-13H,2-3,6H2,1H3. The van der Waals surface area contributed by atoms with E-state index < -0.39 is 16.1 Å². The van der Waals surface area contributed by atoms with E-state index in [0.29, 0.717) is 17.7 Å². The van der Waals surface area contributed by atoms with Gasteiger partial charge >= 0.3 is 0 Å². The second-order valence-electron chi connectivity index (χ2n) is 3.62. The molecule has 1 rings (SSSR count). The summed E-state index contributed by atoms with van der Waals surface area (Å²) in [6.45, 7) is 1.94. The van der Waals surface area contributed by atoms with Crippen LogP contribution in [0.3, 0.4) is 0 Å². The Bertz CT molecular complexity index is 500. The summed E-state index contributed by atoms with van der Waals surface area (Å²) >= 11 is 0.943. The summed E-state index contributed by atoms with van der Waals surface area (Å²) in [6, 6.07) is 4.79. The maximum atomic E-state index is 11.7. The van der Waals surface area contributed by atoms with E-state index in [1.54, 1.807) is 6.92 Å². The summed E-state index contributed by atoms with van der Waals surface area (Å²) < 4.78 is 26.0. The molecule has 1 unspecified atom stereocenters. The average Bonchev–Trinajstić information content (AvgIpc) is 2.73. The molecule has 0 saturated heterocycles. The molecule has 0 radical (unpaired) electrons. The van der Waals surface area contributed by atoms with E-state index in [1.165, 1.54) is 12.1 Å². The summed E-state index contributed by atoms with van der Waals surface area (Å²) in [7, 11) is -3.51. The first-order valence-electron chi connectivity index (χ1n) is 5.13. The number of nitrogens with one attached hydrogen (secondary N) is 1. The Kier molecular flexibility index (Phi) is 5.08. The van der Waals surface area contributed by atoms with E-state index in [9.17, 15) is 8.42 Å². The molecule has 94 valence electrons. The molecule has 0 aromatic carbocycles. The van der Waals surface area contributed by atoms with Crippen LogP contribution in [0.2, 0.25) is 0 Å². The third-order valence-corrected chi connectivity index (χ3v) is 4.99. The van der Waals surface area contributed by atoms with Gasteiger partial charge in [-0.3, -0.25) is 0 Å². The number of rotatable bonds is 6. The number of hydrogen-bond donors (Lipinski definition) is 2. The summed E-state index contributed by atoms with van der Waals surface area (Å²) in [5.41, 5.74) is 0. The van der Waals surface area contributed by atoms with Gasteiger partial charge in [0.15, 0.2) is 0 Å². The second-order valence-corrected chi connectivity index (χ2v) is 6.70. The molecule has 0 aliphatic heterocycles. The van der Waals surface area contributed by atoms with Gasteiger partial charge in [-0.2, -0.15) is 5.26 Å². The first-order chi connectivity index (χ1) is 7.95. The minimum absolute atomic E-state index is 0.145. The van der Waals surface area contributed by atoms with Crippen molar-refractivity contribution in [2.75, 3.05) is 6.54 Å². The van der Waals surface area contributed by atoms with Crippen molar-refractivity contribution >= 4 is 21.4 Å². The largest absolute Gasteiger partial charge is 0.393 e. The Morgan fingerprint density at radius 2 is 2.29 bits per heavy atom. The zero-order chi connectivity index (χ0) is 12.9. The first-order valence-corrected chi connectivity index (χ1v) is 7.43. The molecule has 1 atom stereocenters. The second kappa shape index (κ2) is 6.12. The van der Waals surface area contributed by atoms with Crippen LogP contribution < -0.4 is 4.72 Å². The van der Waals surface area contributed by atoms with Crippen molar-refractivity contribution in [3.8, 4) is 6.07 Å². The van der Waals surface area contributed by atoms with Gasteiger partial charge in [-0.15, -0.1) is 11.3 Å². The van der Waals surface area contributed by atoms with Gasteiger partial charge in [0.2, 0.25) is 10.0 Å². The molecule has 1 aromatic heterocycles. The minimum Gasteiger partial charge on any atom is -0.393 e. The number of nitriles is 1. The molecule has 0 spiro atoms. The Morgan fingerprint density at radius 1 is 1.59 bits per heavy atom. The van der Waals surface area contributed by atoms with Gasteiger partial charge < -0.3 is 5.11 Å². The molecule has 0 saturated carbocycles. The fourth-order valence-electron chi connectivity index (χ4n) is 1.20. The monoisotopic (exact) mass is 274 g/mol. The highest BCUT2D eigenvalue weighted by atomic mass is 32.2. The molecular formula is C10H14N2O3S2. The van der Waals surface area contributed by atoms with Crippen LogP contribution in [-0.4, -0.2) is 26.2 Å². The van der Waals surface area contributed by atoms with Crippen LogP contribution in [0.5, 0.6) is 0 Å². The van der Waals surface area contributed by atoms with Crippen LogP contribution in [0.15, 0.2) is 16.3 Å². The van der Waals surface area contributed by atoms with Gasteiger partial charge in [0.05, 0.1) is 6.10 Å². The van der Waals surface area contributed by atoms with Crippen LogP contribution in [0.4, 0.5) is 0 Å². The maximum absolute atomic E-state index is 11.7. The van der Waals surface area contributed by atoms with E-state index in [4.69, 9.17) is 10.4 Å². The van der Waals surface area contributed by atoms with Gasteiger partial charge in [0.1, 0.15) is 15.2 Å². The number of nitrogens with zero attached hydrogens (tertiary/aromatic N) is 1. The lowest BCUT2D eigenvalue weighted by Crippen LogP contribution is -2.24. The number of thiophene rings is 1. The minimum atomic E-state index is -3.51. The summed E-state index contributed by atoms with van der Waals surface area (Å²) in [5.74, 6) is 0. The molecule has 7 heteroatoms. The van der Waals surface area contributed by atoms with Crippen molar-refractivity contribution in [2.24, 2.45) is 0 Å².